The molecule has 0 N–H and O–H groups in total. The molecule has 0 aliphatic heterocycles. The van der Waals surface area contributed by atoms with Crippen molar-refractivity contribution in [2.45, 2.75) is 13.8 Å². The Morgan fingerprint density at radius 3 is 0.970 bits per heavy atom. The molecule has 2 aliphatic carbocycles. The van der Waals surface area contributed by atoms with Crippen molar-refractivity contribution in [2.75, 3.05) is 0 Å². The summed E-state index contributed by atoms with van der Waals surface area (Å²) in [5, 5.41) is 10.1. The lowest BCUT2D eigenvalue weighted by atomic mass is 9.78. The van der Waals surface area contributed by atoms with Crippen molar-refractivity contribution in [2.24, 2.45) is 0 Å². The topological polar surface area (TPSA) is 0 Å². The Labute approximate surface area is 385 Å². The molecule has 2 aliphatic rings. The van der Waals surface area contributed by atoms with Gasteiger partial charge >= 0.3 is 0 Å². The molecule has 0 heteroatoms. The highest BCUT2D eigenvalue weighted by atomic mass is 14.4. The van der Waals surface area contributed by atoms with Gasteiger partial charge in [-0.15, -0.1) is 0 Å². The maximum atomic E-state index is 2.49. The Kier molecular flexibility index (Phi) is 8.76. The van der Waals surface area contributed by atoms with E-state index >= 15 is 0 Å². The fraction of sp³-hybridized carbons (Fsp3) is 0.0303. The average molecular weight is 837 g/mol. The van der Waals surface area contributed by atoms with E-state index in [1.807, 2.05) is 0 Å². The Balaban J connectivity index is 1.26. The Bertz CT molecular complexity index is 3880. The maximum absolute atomic E-state index is 2.49. The number of fused-ring (bicyclic) bond motifs is 9. The van der Waals surface area contributed by atoms with Gasteiger partial charge in [0.15, 0.2) is 0 Å². The summed E-state index contributed by atoms with van der Waals surface area (Å²) in [5.41, 5.74) is 22.9. The number of hydrogen-bond acceptors (Lipinski definition) is 0. The second-order valence-electron chi connectivity index (χ2n) is 17.9. The highest BCUT2D eigenvalue weighted by Gasteiger charge is 2.43. The van der Waals surface area contributed by atoms with E-state index < -0.39 is 0 Å². The zero-order valence-corrected chi connectivity index (χ0v) is 36.9. The summed E-state index contributed by atoms with van der Waals surface area (Å²) in [6, 6.07) is 85.6. The van der Waals surface area contributed by atoms with E-state index in [9.17, 15) is 0 Å². The molecule has 0 aromatic heterocycles. The number of hydrogen-bond donors (Lipinski definition) is 0. The van der Waals surface area contributed by atoms with Gasteiger partial charge in [0.25, 0.3) is 0 Å². The fourth-order valence-electron chi connectivity index (χ4n) is 11.5. The zero-order valence-electron chi connectivity index (χ0n) is 36.9. The van der Waals surface area contributed by atoms with Crippen molar-refractivity contribution in [3.63, 3.8) is 0 Å². The van der Waals surface area contributed by atoms with E-state index in [1.54, 1.807) is 0 Å². The molecule has 308 valence electrons. The normalized spacial score (nSPS) is 13.4. The van der Waals surface area contributed by atoms with Crippen LogP contribution in [0.15, 0.2) is 236 Å². The average Bonchev–Trinajstić information content (AvgIpc) is 3.91. The molecule has 11 aromatic carbocycles. The van der Waals surface area contributed by atoms with Crippen molar-refractivity contribution in [1.82, 2.24) is 0 Å². The van der Waals surface area contributed by atoms with E-state index in [2.05, 4.69) is 244 Å². The molecule has 0 saturated heterocycles. The minimum atomic E-state index is 1.21. The summed E-state index contributed by atoms with van der Waals surface area (Å²) in [4.78, 5) is 0. The van der Waals surface area contributed by atoms with Crippen molar-refractivity contribution in [3.05, 3.63) is 281 Å². The van der Waals surface area contributed by atoms with Gasteiger partial charge in [0.05, 0.1) is 0 Å². The largest absolute Gasteiger partial charge is 0.0622 e. The number of allylic oxidation sites excluding steroid dienone is 5. The molecule has 0 nitrogen and oxygen atoms in total. The van der Waals surface area contributed by atoms with Crippen molar-refractivity contribution in [3.8, 4) is 22.3 Å². The third kappa shape index (κ3) is 5.78. The lowest BCUT2D eigenvalue weighted by molar-refractivity contribution is 1.34. The van der Waals surface area contributed by atoms with Gasteiger partial charge in [-0.1, -0.05) is 218 Å². The summed E-state index contributed by atoms with van der Waals surface area (Å²) >= 11 is 0. The lowest BCUT2D eigenvalue weighted by Crippen LogP contribution is -2.03. The quantitative estimate of drug-likeness (QED) is 0.146. The molecular formula is C66H44. The number of benzene rings is 11. The zero-order chi connectivity index (χ0) is 43.9. The van der Waals surface area contributed by atoms with Crippen LogP contribution in [0.3, 0.4) is 0 Å². The molecule has 0 saturated carbocycles. The molecule has 0 unspecified atom stereocenters. The summed E-state index contributed by atoms with van der Waals surface area (Å²) in [6.45, 7) is 4.78. The summed E-state index contributed by atoms with van der Waals surface area (Å²) in [6.07, 6.45) is 0. The van der Waals surface area contributed by atoms with Crippen LogP contribution in [-0.4, -0.2) is 0 Å². The molecule has 0 amide bonds. The first-order chi connectivity index (χ1) is 32.6. The Morgan fingerprint density at radius 2 is 0.515 bits per heavy atom. The highest BCUT2D eigenvalue weighted by molar-refractivity contribution is 6.40. The molecule has 0 spiro atoms. The smallest absolute Gasteiger partial charge is 0.000117 e. The van der Waals surface area contributed by atoms with E-state index in [1.165, 1.54) is 143 Å². The molecule has 66 heavy (non-hydrogen) atoms. The molecule has 0 fully saturated rings. The van der Waals surface area contributed by atoms with Gasteiger partial charge in [-0.05, 0) is 169 Å². The highest BCUT2D eigenvalue weighted by Crippen LogP contribution is 2.64. The Hall–Kier alpha value is -8.32. The Morgan fingerprint density at radius 1 is 0.197 bits per heavy atom. The molecular weight excluding hydrogens is 793 g/mol. The van der Waals surface area contributed by atoms with Gasteiger partial charge in [-0.2, -0.15) is 0 Å². The first-order valence-corrected chi connectivity index (χ1v) is 23.1. The van der Waals surface area contributed by atoms with Crippen LogP contribution in [0.4, 0.5) is 0 Å². The van der Waals surface area contributed by atoms with Gasteiger partial charge in [0.1, 0.15) is 0 Å². The molecule has 0 atom stereocenters. The van der Waals surface area contributed by atoms with Crippen LogP contribution in [0, 0.1) is 13.8 Å². The van der Waals surface area contributed by atoms with Crippen molar-refractivity contribution >= 4 is 71.0 Å². The van der Waals surface area contributed by atoms with Crippen molar-refractivity contribution < 1.29 is 0 Å². The predicted octanol–water partition coefficient (Wildman–Crippen LogP) is 17.6. The van der Waals surface area contributed by atoms with Gasteiger partial charge in [0, 0.05) is 0 Å². The molecule has 0 bridgehead atoms. The van der Waals surface area contributed by atoms with Crippen LogP contribution in [-0.2, 0) is 0 Å². The van der Waals surface area contributed by atoms with Gasteiger partial charge in [-0.3, -0.25) is 0 Å². The monoisotopic (exact) mass is 836 g/mol. The number of rotatable bonds is 6. The maximum Gasteiger partial charge on any atom is -0.000117 e. The van der Waals surface area contributed by atoms with Gasteiger partial charge in [0.2, 0.25) is 0 Å². The van der Waals surface area contributed by atoms with Crippen LogP contribution in [0.1, 0.15) is 44.5 Å². The lowest BCUT2D eigenvalue weighted by Gasteiger charge is -2.24. The summed E-state index contributed by atoms with van der Waals surface area (Å²) in [7, 11) is 0. The molecule has 11 aromatic rings. The summed E-state index contributed by atoms with van der Waals surface area (Å²) in [5.74, 6) is 0. The van der Waals surface area contributed by atoms with Gasteiger partial charge in [-0.25, -0.2) is 0 Å². The van der Waals surface area contributed by atoms with Crippen LogP contribution in [0.2, 0.25) is 0 Å². The minimum Gasteiger partial charge on any atom is -0.0622 e. The molecule has 0 radical (unpaired) electrons. The van der Waals surface area contributed by atoms with E-state index in [-0.39, 0.29) is 0 Å². The standard InChI is InChI=1S/C66H44/c1-41-57(47-21-7-3-8-22-47)58(48-23-9-4-10-24-48)42(2)60-59(41)63(51-37-35-45-33-31-43-19-15-17-29-53(43)55(45)39-51)66-62(50-27-13-6-14-28-50)61(49-25-11-5-12-26-49)64(65(60)66)52-38-36-46-34-32-44-20-16-18-30-54(44)56(46)40-52/h3-40H,1-2H3. The minimum absolute atomic E-state index is 1.21. The van der Waals surface area contributed by atoms with Gasteiger partial charge < -0.3 is 0 Å². The van der Waals surface area contributed by atoms with Crippen LogP contribution < -0.4 is 0 Å². The van der Waals surface area contributed by atoms with E-state index in [0.717, 1.165) is 0 Å². The second-order valence-corrected chi connectivity index (χ2v) is 17.9. The van der Waals surface area contributed by atoms with E-state index in [0.29, 0.717) is 0 Å². The first-order valence-electron chi connectivity index (χ1n) is 23.1. The predicted molar refractivity (Wildman–Crippen MR) is 282 cm³/mol. The third-order valence-electron chi connectivity index (χ3n) is 14.3. The fourth-order valence-corrected chi connectivity index (χ4v) is 11.5. The second kappa shape index (κ2) is 15.2. The first kappa shape index (κ1) is 38.2. The third-order valence-corrected chi connectivity index (χ3v) is 14.3. The van der Waals surface area contributed by atoms with Crippen LogP contribution >= 0.6 is 0 Å². The van der Waals surface area contributed by atoms with E-state index in [4.69, 9.17) is 0 Å². The van der Waals surface area contributed by atoms with Crippen molar-refractivity contribution in [1.29, 1.82) is 0 Å². The van der Waals surface area contributed by atoms with Crippen LogP contribution in [0.25, 0.3) is 93.2 Å². The summed E-state index contributed by atoms with van der Waals surface area (Å²) < 4.78 is 0. The molecule has 13 rings (SSSR count). The van der Waals surface area contributed by atoms with Crippen LogP contribution in [0.5, 0.6) is 0 Å². The molecule has 0 heterocycles. The SMILES string of the molecule is Cc1c2c(c(C)c(-c3ccccc3)c1-c1ccccc1)C(c1ccc3ccc4ccccc4c3c1)=C1C(c3ccccc3)=C(c3ccccc3)C(c3ccc4ccc5ccccc5c4c3)=C12.